The third-order valence-corrected chi connectivity index (χ3v) is 3.25. The van der Waals surface area contributed by atoms with Crippen LogP contribution >= 0.6 is 0 Å². The summed E-state index contributed by atoms with van der Waals surface area (Å²) in [6.07, 6.45) is 0.851. The number of anilines is 2. The summed E-state index contributed by atoms with van der Waals surface area (Å²) >= 11 is 0. The number of nitrogens with one attached hydrogen (secondary N) is 2. The van der Waals surface area contributed by atoms with Crippen molar-refractivity contribution in [2.75, 3.05) is 11.1 Å². The van der Waals surface area contributed by atoms with Crippen LogP contribution in [0.4, 0.5) is 11.5 Å². The summed E-state index contributed by atoms with van der Waals surface area (Å²) in [7, 11) is 0. The molecule has 1 aliphatic rings. The van der Waals surface area contributed by atoms with Gasteiger partial charge in [-0.25, -0.2) is 4.79 Å². The number of aromatic amines is 1. The number of hydrogen-bond donors (Lipinski definition) is 4. The molecule has 0 saturated heterocycles. The predicted molar refractivity (Wildman–Crippen MR) is 73.2 cm³/mol. The van der Waals surface area contributed by atoms with Crippen LogP contribution in [0.15, 0.2) is 9.59 Å². The number of nitrogens with two attached hydrogens (primary N) is 1. The molecule has 0 atom stereocenters. The normalized spacial score (nSPS) is 22.3. The first-order valence-electron chi connectivity index (χ1n) is 6.45. The summed E-state index contributed by atoms with van der Waals surface area (Å²) in [4.78, 5) is 25.8. The summed E-state index contributed by atoms with van der Waals surface area (Å²) in [6.45, 7) is 4.38. The SMILES string of the molecule is CC(C)Cn1c(N)c(NC2CC(O)C2)c(=O)[nH]c1=O. The van der Waals surface area contributed by atoms with Crippen molar-refractivity contribution < 1.29 is 5.11 Å². The van der Waals surface area contributed by atoms with Crippen LogP contribution in [0, 0.1) is 5.92 Å². The molecule has 0 aliphatic heterocycles. The van der Waals surface area contributed by atoms with Crippen LogP contribution in [0.1, 0.15) is 26.7 Å². The summed E-state index contributed by atoms with van der Waals surface area (Å²) in [5.41, 5.74) is 5.13. The Balaban J connectivity index is 2.32. The Morgan fingerprint density at radius 3 is 2.63 bits per heavy atom. The number of rotatable bonds is 4. The summed E-state index contributed by atoms with van der Waals surface area (Å²) in [6, 6.07) is 0.0309. The minimum Gasteiger partial charge on any atom is -0.393 e. The van der Waals surface area contributed by atoms with Gasteiger partial charge >= 0.3 is 5.69 Å². The number of nitrogens with zero attached hydrogens (tertiary/aromatic N) is 1. The Kier molecular flexibility index (Phi) is 3.66. The van der Waals surface area contributed by atoms with Gasteiger partial charge in [0.15, 0.2) is 0 Å². The van der Waals surface area contributed by atoms with Crippen molar-refractivity contribution >= 4 is 11.5 Å². The lowest BCUT2D eigenvalue weighted by molar-refractivity contribution is 0.0836. The molecule has 1 aromatic rings. The monoisotopic (exact) mass is 268 g/mol. The van der Waals surface area contributed by atoms with Crippen molar-refractivity contribution in [1.29, 1.82) is 0 Å². The number of hydrogen-bond acceptors (Lipinski definition) is 5. The van der Waals surface area contributed by atoms with Crippen LogP contribution in [-0.4, -0.2) is 26.8 Å². The highest BCUT2D eigenvalue weighted by atomic mass is 16.3. The van der Waals surface area contributed by atoms with E-state index in [1.165, 1.54) is 4.57 Å². The molecule has 1 saturated carbocycles. The molecule has 0 amide bonds. The van der Waals surface area contributed by atoms with Gasteiger partial charge in [0.25, 0.3) is 5.56 Å². The van der Waals surface area contributed by atoms with Crippen molar-refractivity contribution in [2.45, 2.75) is 45.4 Å². The lowest BCUT2D eigenvalue weighted by Gasteiger charge is -2.33. The summed E-state index contributed by atoms with van der Waals surface area (Å²) in [5.74, 6) is 0.396. The number of H-pyrrole nitrogens is 1. The fourth-order valence-corrected chi connectivity index (χ4v) is 2.18. The van der Waals surface area contributed by atoms with E-state index in [2.05, 4.69) is 10.3 Å². The maximum atomic E-state index is 11.8. The predicted octanol–water partition coefficient (Wildman–Crippen LogP) is -0.290. The van der Waals surface area contributed by atoms with E-state index in [4.69, 9.17) is 5.73 Å². The highest BCUT2D eigenvalue weighted by Gasteiger charge is 2.28. The standard InChI is InChI=1S/C12H20N4O3/c1-6(2)5-16-10(13)9(11(18)15-12(16)19)14-7-3-8(17)4-7/h6-8,14,17H,3-5,13H2,1-2H3,(H,15,18,19). The van der Waals surface area contributed by atoms with Crippen LogP contribution in [0.3, 0.4) is 0 Å². The zero-order valence-electron chi connectivity index (χ0n) is 11.1. The average Bonchev–Trinajstić information content (AvgIpc) is 2.27. The second kappa shape index (κ2) is 5.08. The Hall–Kier alpha value is -1.76. The molecule has 7 heteroatoms. The van der Waals surface area contributed by atoms with Crippen molar-refractivity contribution in [3.63, 3.8) is 0 Å². The average molecular weight is 268 g/mol. The molecule has 0 unspecified atom stereocenters. The fraction of sp³-hybridized carbons (Fsp3) is 0.667. The Labute approximate surface area is 110 Å². The smallest absolute Gasteiger partial charge is 0.330 e. The molecular formula is C12H20N4O3. The van der Waals surface area contributed by atoms with Crippen molar-refractivity contribution in [3.05, 3.63) is 20.8 Å². The van der Waals surface area contributed by atoms with Gasteiger partial charge in [0.1, 0.15) is 11.5 Å². The lowest BCUT2D eigenvalue weighted by Crippen LogP contribution is -2.42. The molecule has 1 aromatic heterocycles. The van der Waals surface area contributed by atoms with Crippen molar-refractivity contribution in [3.8, 4) is 0 Å². The zero-order chi connectivity index (χ0) is 14.2. The maximum Gasteiger partial charge on any atom is 0.330 e. The molecule has 1 aliphatic carbocycles. The van der Waals surface area contributed by atoms with Gasteiger partial charge in [-0.1, -0.05) is 13.8 Å². The molecule has 7 nitrogen and oxygen atoms in total. The highest BCUT2D eigenvalue weighted by Crippen LogP contribution is 2.24. The van der Waals surface area contributed by atoms with Crippen LogP contribution < -0.4 is 22.3 Å². The first-order valence-corrected chi connectivity index (χ1v) is 6.45. The molecule has 19 heavy (non-hydrogen) atoms. The van der Waals surface area contributed by atoms with Gasteiger partial charge in [0.05, 0.1) is 6.10 Å². The third-order valence-electron chi connectivity index (χ3n) is 3.25. The second-order valence-electron chi connectivity index (χ2n) is 5.49. The van der Waals surface area contributed by atoms with E-state index in [0.717, 1.165) is 0 Å². The van der Waals surface area contributed by atoms with E-state index in [9.17, 15) is 14.7 Å². The van der Waals surface area contributed by atoms with Gasteiger partial charge in [-0.15, -0.1) is 0 Å². The third kappa shape index (κ3) is 2.81. The molecule has 0 spiro atoms. The van der Waals surface area contributed by atoms with Crippen molar-refractivity contribution in [2.24, 2.45) is 5.92 Å². The fourth-order valence-electron chi connectivity index (χ4n) is 2.18. The first-order chi connectivity index (χ1) is 8.88. The molecule has 106 valence electrons. The topological polar surface area (TPSA) is 113 Å². The van der Waals surface area contributed by atoms with E-state index < -0.39 is 11.2 Å². The maximum absolute atomic E-state index is 11.8. The first kappa shape index (κ1) is 13.7. The summed E-state index contributed by atoms with van der Waals surface area (Å²) in [5, 5.41) is 12.2. The van der Waals surface area contributed by atoms with Crippen LogP contribution in [0.5, 0.6) is 0 Å². The van der Waals surface area contributed by atoms with E-state index in [1.54, 1.807) is 0 Å². The molecule has 1 heterocycles. The molecule has 2 rings (SSSR count). The van der Waals surface area contributed by atoms with Gasteiger partial charge in [-0.05, 0) is 18.8 Å². The van der Waals surface area contributed by atoms with E-state index in [-0.39, 0.29) is 29.6 Å². The molecule has 0 aromatic carbocycles. The molecule has 0 radical (unpaired) electrons. The Morgan fingerprint density at radius 2 is 2.11 bits per heavy atom. The van der Waals surface area contributed by atoms with Gasteiger partial charge in [0.2, 0.25) is 0 Å². The van der Waals surface area contributed by atoms with Crippen LogP contribution in [0.2, 0.25) is 0 Å². The minimum atomic E-state index is -0.510. The quantitative estimate of drug-likeness (QED) is 0.599. The van der Waals surface area contributed by atoms with Crippen LogP contribution in [0.25, 0.3) is 0 Å². The Bertz CT molecular complexity index is 569. The Morgan fingerprint density at radius 1 is 1.47 bits per heavy atom. The van der Waals surface area contributed by atoms with Gasteiger partial charge in [0, 0.05) is 12.6 Å². The molecular weight excluding hydrogens is 248 g/mol. The van der Waals surface area contributed by atoms with E-state index >= 15 is 0 Å². The molecule has 1 fully saturated rings. The van der Waals surface area contributed by atoms with Gasteiger partial charge < -0.3 is 16.2 Å². The number of aromatic nitrogens is 2. The van der Waals surface area contributed by atoms with E-state index in [1.807, 2.05) is 13.8 Å². The molecule has 0 bridgehead atoms. The minimum absolute atomic E-state index is 0.0309. The lowest BCUT2D eigenvalue weighted by atomic mass is 9.89. The van der Waals surface area contributed by atoms with E-state index in [0.29, 0.717) is 19.4 Å². The van der Waals surface area contributed by atoms with Gasteiger partial charge in [-0.3, -0.25) is 14.3 Å². The number of nitrogen functional groups attached to an aromatic ring is 1. The number of aliphatic hydroxyl groups is 1. The highest BCUT2D eigenvalue weighted by molar-refractivity contribution is 5.61. The zero-order valence-corrected chi connectivity index (χ0v) is 11.1. The second-order valence-corrected chi connectivity index (χ2v) is 5.49. The largest absolute Gasteiger partial charge is 0.393 e. The van der Waals surface area contributed by atoms with Crippen molar-refractivity contribution in [1.82, 2.24) is 9.55 Å². The van der Waals surface area contributed by atoms with Crippen LogP contribution in [-0.2, 0) is 6.54 Å². The van der Waals surface area contributed by atoms with Gasteiger partial charge in [-0.2, -0.15) is 0 Å². The number of aliphatic hydroxyl groups excluding tert-OH is 1. The molecule has 5 N–H and O–H groups in total. The summed E-state index contributed by atoms with van der Waals surface area (Å²) < 4.78 is 1.36.